The minimum Gasteiger partial charge on any atom is -0.454 e. The number of fused-ring (bicyclic) bond motifs is 1. The average molecular weight is 353 g/mol. The molecule has 0 bridgehead atoms. The minimum atomic E-state index is -0.112. The van der Waals surface area contributed by atoms with Crippen LogP contribution in [0.5, 0.6) is 11.5 Å². The van der Waals surface area contributed by atoms with Crippen molar-refractivity contribution in [2.24, 2.45) is 5.92 Å². The second-order valence-corrected chi connectivity index (χ2v) is 6.85. The Bertz CT molecular complexity index is 662. The van der Waals surface area contributed by atoms with Crippen LogP contribution in [-0.4, -0.2) is 42.6 Å². The highest BCUT2D eigenvalue weighted by Gasteiger charge is 2.28. The van der Waals surface area contributed by atoms with Crippen LogP contribution >= 0.6 is 11.6 Å². The molecule has 7 heteroatoms. The van der Waals surface area contributed by atoms with E-state index in [4.69, 9.17) is 21.1 Å². The fourth-order valence-corrected chi connectivity index (χ4v) is 3.19. The van der Waals surface area contributed by atoms with Gasteiger partial charge in [-0.3, -0.25) is 9.59 Å². The average Bonchev–Trinajstić information content (AvgIpc) is 3.03. The molecule has 2 amide bonds. The van der Waals surface area contributed by atoms with E-state index in [-0.39, 0.29) is 30.6 Å². The summed E-state index contributed by atoms with van der Waals surface area (Å²) in [5, 5.41) is 3.37. The molecule has 0 aliphatic carbocycles. The Kier molecular flexibility index (Phi) is 4.85. The van der Waals surface area contributed by atoms with Crippen molar-refractivity contribution in [3.05, 3.63) is 22.7 Å². The van der Waals surface area contributed by atoms with Crippen molar-refractivity contribution < 1.29 is 19.1 Å². The van der Waals surface area contributed by atoms with Gasteiger partial charge in [0.15, 0.2) is 11.5 Å². The molecule has 1 atom stereocenters. The molecule has 24 heavy (non-hydrogen) atoms. The zero-order valence-corrected chi connectivity index (χ0v) is 14.6. The van der Waals surface area contributed by atoms with Crippen LogP contribution in [0.3, 0.4) is 0 Å². The minimum absolute atomic E-state index is 0.0120. The molecular weight excluding hydrogens is 332 g/mol. The van der Waals surface area contributed by atoms with Gasteiger partial charge in [0.2, 0.25) is 12.7 Å². The summed E-state index contributed by atoms with van der Waals surface area (Å²) in [6.07, 6.45) is 1.73. The van der Waals surface area contributed by atoms with Crippen LogP contribution in [0.2, 0.25) is 5.02 Å². The first-order valence-electron chi connectivity index (χ1n) is 8.14. The van der Waals surface area contributed by atoms with Gasteiger partial charge in [0, 0.05) is 30.6 Å². The molecule has 2 heterocycles. The molecule has 1 saturated heterocycles. The van der Waals surface area contributed by atoms with Crippen LogP contribution in [0.25, 0.3) is 0 Å². The summed E-state index contributed by atoms with van der Waals surface area (Å²) >= 11 is 6.16. The standard InChI is InChI=1S/C17H21ClN2O4/c1-10(2)16(21)19-12-4-3-5-20(8-12)17(22)11-6-13(18)15-14(7-11)23-9-24-15/h6-7,10,12H,3-5,8-9H2,1-2H3,(H,19,21). The number of hydrogen-bond acceptors (Lipinski definition) is 4. The fraction of sp³-hybridized carbons (Fsp3) is 0.529. The maximum atomic E-state index is 12.8. The van der Waals surface area contributed by atoms with Gasteiger partial charge in [-0.25, -0.2) is 0 Å². The number of ether oxygens (including phenoxy) is 2. The molecule has 3 rings (SSSR count). The Morgan fingerprint density at radius 2 is 2.12 bits per heavy atom. The monoisotopic (exact) mass is 352 g/mol. The molecule has 1 N–H and O–H groups in total. The van der Waals surface area contributed by atoms with Crippen LogP contribution in [0.1, 0.15) is 37.0 Å². The van der Waals surface area contributed by atoms with E-state index in [2.05, 4.69) is 5.32 Å². The number of rotatable bonds is 3. The lowest BCUT2D eigenvalue weighted by molar-refractivity contribution is -0.125. The molecule has 0 radical (unpaired) electrons. The Morgan fingerprint density at radius 1 is 1.33 bits per heavy atom. The highest BCUT2D eigenvalue weighted by atomic mass is 35.5. The van der Waals surface area contributed by atoms with Gasteiger partial charge >= 0.3 is 0 Å². The van der Waals surface area contributed by atoms with E-state index in [1.165, 1.54) is 0 Å². The highest BCUT2D eigenvalue weighted by molar-refractivity contribution is 6.32. The van der Waals surface area contributed by atoms with Gasteiger partial charge in [0.25, 0.3) is 5.91 Å². The van der Waals surface area contributed by atoms with E-state index in [0.29, 0.717) is 35.2 Å². The zero-order valence-electron chi connectivity index (χ0n) is 13.8. The van der Waals surface area contributed by atoms with Crippen molar-refractivity contribution in [1.29, 1.82) is 0 Å². The Labute approximate surface area is 146 Å². The number of halogens is 1. The van der Waals surface area contributed by atoms with Gasteiger partial charge in [0.05, 0.1) is 5.02 Å². The second kappa shape index (κ2) is 6.89. The number of benzene rings is 1. The predicted molar refractivity (Wildman–Crippen MR) is 89.5 cm³/mol. The summed E-state index contributed by atoms with van der Waals surface area (Å²) in [6.45, 7) is 4.99. The second-order valence-electron chi connectivity index (χ2n) is 6.45. The first-order valence-corrected chi connectivity index (χ1v) is 8.52. The summed E-state index contributed by atoms with van der Waals surface area (Å²) < 4.78 is 10.6. The zero-order chi connectivity index (χ0) is 17.3. The van der Waals surface area contributed by atoms with Crippen molar-refractivity contribution in [3.63, 3.8) is 0 Å². The number of amides is 2. The lowest BCUT2D eigenvalue weighted by atomic mass is 10.0. The third-order valence-electron chi connectivity index (χ3n) is 4.25. The van der Waals surface area contributed by atoms with Crippen molar-refractivity contribution >= 4 is 23.4 Å². The number of carbonyl (C=O) groups is 2. The maximum absolute atomic E-state index is 12.8. The van der Waals surface area contributed by atoms with Crippen molar-refractivity contribution in [3.8, 4) is 11.5 Å². The van der Waals surface area contributed by atoms with Crippen LogP contribution < -0.4 is 14.8 Å². The predicted octanol–water partition coefficient (Wildman–Crippen LogP) is 2.45. The molecule has 0 aromatic heterocycles. The van der Waals surface area contributed by atoms with Gasteiger partial charge < -0.3 is 19.7 Å². The Morgan fingerprint density at radius 3 is 2.88 bits per heavy atom. The number of nitrogens with one attached hydrogen (secondary N) is 1. The number of carbonyl (C=O) groups excluding carboxylic acids is 2. The largest absolute Gasteiger partial charge is 0.454 e. The van der Waals surface area contributed by atoms with Crippen LogP contribution in [0, 0.1) is 5.92 Å². The van der Waals surface area contributed by atoms with Crippen molar-refractivity contribution in [2.75, 3.05) is 19.9 Å². The number of likely N-dealkylation sites (tertiary alicyclic amines) is 1. The lowest BCUT2D eigenvalue weighted by Gasteiger charge is -2.33. The van der Waals surface area contributed by atoms with E-state index in [0.717, 1.165) is 12.8 Å². The third kappa shape index (κ3) is 3.43. The molecule has 2 aliphatic heterocycles. The summed E-state index contributed by atoms with van der Waals surface area (Å²) in [4.78, 5) is 26.4. The highest BCUT2D eigenvalue weighted by Crippen LogP contribution is 2.40. The van der Waals surface area contributed by atoms with Crippen molar-refractivity contribution in [2.45, 2.75) is 32.7 Å². The van der Waals surface area contributed by atoms with E-state index >= 15 is 0 Å². The summed E-state index contributed by atoms with van der Waals surface area (Å²) in [5.74, 6) is 0.810. The van der Waals surface area contributed by atoms with E-state index in [9.17, 15) is 9.59 Å². The van der Waals surface area contributed by atoms with Crippen LogP contribution in [0.15, 0.2) is 12.1 Å². The molecule has 6 nitrogen and oxygen atoms in total. The van der Waals surface area contributed by atoms with Gasteiger partial charge in [0.1, 0.15) is 0 Å². The van der Waals surface area contributed by atoms with Crippen LogP contribution in [0.4, 0.5) is 0 Å². The van der Waals surface area contributed by atoms with Crippen LogP contribution in [-0.2, 0) is 4.79 Å². The smallest absolute Gasteiger partial charge is 0.254 e. The molecule has 1 aromatic carbocycles. The van der Waals surface area contributed by atoms with Gasteiger partial charge in [-0.05, 0) is 25.0 Å². The quantitative estimate of drug-likeness (QED) is 0.907. The van der Waals surface area contributed by atoms with E-state index in [1.54, 1.807) is 17.0 Å². The SMILES string of the molecule is CC(C)C(=O)NC1CCCN(C(=O)c2cc(Cl)c3c(c2)OCO3)C1. The van der Waals surface area contributed by atoms with E-state index in [1.807, 2.05) is 13.8 Å². The molecule has 1 unspecified atom stereocenters. The molecule has 0 spiro atoms. The van der Waals surface area contributed by atoms with E-state index < -0.39 is 0 Å². The molecular formula is C17H21ClN2O4. The van der Waals surface area contributed by atoms with Gasteiger partial charge in [-0.1, -0.05) is 25.4 Å². The summed E-state index contributed by atoms with van der Waals surface area (Å²) in [7, 11) is 0. The third-order valence-corrected chi connectivity index (χ3v) is 4.53. The Balaban J connectivity index is 1.71. The Hall–Kier alpha value is -1.95. The van der Waals surface area contributed by atoms with Gasteiger partial charge in [-0.2, -0.15) is 0 Å². The number of nitrogens with zero attached hydrogens (tertiary/aromatic N) is 1. The van der Waals surface area contributed by atoms with Crippen molar-refractivity contribution in [1.82, 2.24) is 10.2 Å². The lowest BCUT2D eigenvalue weighted by Crippen LogP contribution is -2.50. The first kappa shape index (κ1) is 16.9. The molecule has 130 valence electrons. The summed E-state index contributed by atoms with van der Waals surface area (Å²) in [6, 6.07) is 3.25. The number of hydrogen-bond donors (Lipinski definition) is 1. The number of piperidine rings is 1. The normalized spacial score (nSPS) is 19.5. The maximum Gasteiger partial charge on any atom is 0.254 e. The first-order chi connectivity index (χ1) is 11.5. The molecule has 1 fully saturated rings. The summed E-state index contributed by atoms with van der Waals surface area (Å²) in [5.41, 5.74) is 0.472. The fourth-order valence-electron chi connectivity index (χ4n) is 2.92. The molecule has 0 saturated carbocycles. The molecule has 2 aliphatic rings. The topological polar surface area (TPSA) is 67.9 Å². The van der Waals surface area contributed by atoms with Gasteiger partial charge in [-0.15, -0.1) is 0 Å². The molecule has 1 aromatic rings.